The molecule has 3 aliphatic rings. The number of nitrogens with one attached hydrogen (secondary N) is 2. The van der Waals surface area contributed by atoms with Crippen molar-refractivity contribution in [3.05, 3.63) is 28.3 Å². The summed E-state index contributed by atoms with van der Waals surface area (Å²) in [5.74, 6) is 1.60. The molecule has 0 aromatic carbocycles. The summed E-state index contributed by atoms with van der Waals surface area (Å²) in [4.78, 5) is 57.9. The first-order valence-electron chi connectivity index (χ1n) is 18.1. The van der Waals surface area contributed by atoms with Gasteiger partial charge in [0.05, 0.1) is 24.1 Å². The summed E-state index contributed by atoms with van der Waals surface area (Å²) in [5.41, 5.74) is 5.86. The largest absolute Gasteiger partial charge is 0.431 e. The molecule has 4 atom stereocenters. The Labute approximate surface area is 322 Å². The maximum absolute atomic E-state index is 13.6. The van der Waals surface area contributed by atoms with Crippen molar-refractivity contribution in [3.63, 3.8) is 0 Å². The molecule has 0 saturated heterocycles. The minimum absolute atomic E-state index is 0. The molecule has 0 spiro atoms. The molecule has 1 aromatic heterocycles. The van der Waals surface area contributed by atoms with Gasteiger partial charge in [-0.05, 0) is 113 Å². The van der Waals surface area contributed by atoms with Crippen LogP contribution in [0, 0.1) is 54.3 Å². The first kappa shape index (κ1) is 47.1. The Morgan fingerprint density at radius 3 is 1.71 bits per heavy atom. The smallest absolute Gasteiger partial charge is 0.315 e. The van der Waals surface area contributed by atoms with Gasteiger partial charge in [-0.3, -0.25) is 19.6 Å². The molecule has 0 radical (unpaired) electrons. The summed E-state index contributed by atoms with van der Waals surface area (Å²) in [6, 6.07) is 0. The van der Waals surface area contributed by atoms with Crippen molar-refractivity contribution in [1.29, 1.82) is 0 Å². The maximum atomic E-state index is 13.6. The molecule has 13 nitrogen and oxygen atoms in total. The van der Waals surface area contributed by atoms with Crippen LogP contribution >= 0.6 is 0 Å². The zero-order valence-corrected chi connectivity index (χ0v) is 36.2. The van der Waals surface area contributed by atoms with Gasteiger partial charge >= 0.3 is 11.9 Å². The van der Waals surface area contributed by atoms with Crippen molar-refractivity contribution in [3.8, 4) is 5.75 Å². The van der Waals surface area contributed by atoms with E-state index in [1.807, 2.05) is 27.7 Å². The number of allylic oxidation sites excluding steroid dienone is 2. The van der Waals surface area contributed by atoms with Gasteiger partial charge in [-0.15, -0.1) is 0 Å². The zero-order chi connectivity index (χ0) is 37.4. The molecule has 2 heterocycles. The average molecular weight is 783 g/mol. The normalized spacial score (nSPS) is 27.9. The molecule has 2 fully saturated rings. The van der Waals surface area contributed by atoms with Crippen molar-refractivity contribution in [2.75, 3.05) is 18.7 Å². The molecular weight excluding hydrogens is 722 g/mol. The molecule has 4 rings (SSSR count). The zero-order valence-electron chi connectivity index (χ0n) is 33.3. The molecule has 1 amide bonds. The van der Waals surface area contributed by atoms with Crippen molar-refractivity contribution in [1.82, 2.24) is 10.3 Å². The van der Waals surface area contributed by atoms with Crippen LogP contribution in [0.4, 0.5) is 5.82 Å². The first-order chi connectivity index (χ1) is 23.6. The van der Waals surface area contributed by atoms with Crippen molar-refractivity contribution in [2.24, 2.45) is 52.3 Å². The fourth-order valence-corrected chi connectivity index (χ4v) is 8.32. The number of esters is 2. The molecule has 1 aliphatic heterocycles. The van der Waals surface area contributed by atoms with Crippen molar-refractivity contribution in [2.45, 2.75) is 109 Å². The molecule has 4 unspecified atom stereocenters. The third-order valence-electron chi connectivity index (χ3n) is 10.2. The summed E-state index contributed by atoms with van der Waals surface area (Å²) >= 11 is 0. The van der Waals surface area contributed by atoms with Crippen molar-refractivity contribution >= 4 is 35.1 Å². The number of amides is 1. The van der Waals surface area contributed by atoms with Gasteiger partial charge in [0.1, 0.15) is 5.75 Å². The van der Waals surface area contributed by atoms with E-state index in [1.165, 1.54) is 6.92 Å². The molecule has 290 valence electrons. The number of aliphatic imine (C=N–C) groups is 1. The van der Waals surface area contributed by atoms with Gasteiger partial charge in [0.15, 0.2) is 11.6 Å². The Balaban J connectivity index is 0.00000214. The quantitative estimate of drug-likeness (QED) is 0.106. The predicted octanol–water partition coefficient (Wildman–Crippen LogP) is 6.62. The molecule has 52 heavy (non-hydrogen) atoms. The van der Waals surface area contributed by atoms with Gasteiger partial charge in [-0.2, -0.15) is 0 Å². The minimum atomic E-state index is -0.326. The van der Waals surface area contributed by atoms with Gasteiger partial charge in [-0.1, -0.05) is 41.5 Å². The summed E-state index contributed by atoms with van der Waals surface area (Å²) in [7, 11) is 0. The molecule has 14 heteroatoms. The third-order valence-corrected chi connectivity index (χ3v) is 10.2. The Bertz CT molecular complexity index is 1460. The van der Waals surface area contributed by atoms with E-state index < -0.39 is 0 Å². The van der Waals surface area contributed by atoms with Crippen LogP contribution in [0.3, 0.4) is 0 Å². The van der Waals surface area contributed by atoms with Crippen LogP contribution in [0.2, 0.25) is 0 Å². The number of anilines is 1. The summed E-state index contributed by atoms with van der Waals surface area (Å²) in [5, 5.41) is 10.1. The fraction of sp³-hybridized carbons (Fsp3) is 0.684. The maximum Gasteiger partial charge on any atom is 0.315 e. The number of ether oxygens (including phenoxy) is 2. The number of amidine groups is 1. The summed E-state index contributed by atoms with van der Waals surface area (Å²) in [6.45, 7) is 24.1. The Kier molecular flexibility index (Phi) is 19.1. The van der Waals surface area contributed by atoms with Gasteiger partial charge in [0, 0.05) is 44.4 Å². The molecule has 5 N–H and O–H groups in total. The fourth-order valence-electron chi connectivity index (χ4n) is 8.32. The van der Waals surface area contributed by atoms with E-state index >= 15 is 0 Å². The Morgan fingerprint density at radius 1 is 0.827 bits per heavy atom. The summed E-state index contributed by atoms with van der Waals surface area (Å²) in [6.07, 6.45) is 3.88. The number of aromatic nitrogens is 1. The summed E-state index contributed by atoms with van der Waals surface area (Å²) < 4.78 is 12.2. The molecule has 2 saturated carbocycles. The Morgan fingerprint density at radius 2 is 1.29 bits per heavy atom. The van der Waals surface area contributed by atoms with E-state index in [0.717, 1.165) is 25.7 Å². The topological polar surface area (TPSA) is 190 Å². The van der Waals surface area contributed by atoms with Crippen LogP contribution in [0.15, 0.2) is 22.0 Å². The van der Waals surface area contributed by atoms with Crippen LogP contribution in [-0.2, 0) is 48.3 Å². The standard InChI is InChI=1S/C36H54N4O6.C2H6O2.H2O.Zn/c1-12-44-40-34-32(46-36(43)28-21(6)15-18(3)16-22(28)7)25(10)30(39-34)23(8)29-24(9)31(33(38-29)37-26(11)41)45-35(42)27-19(4)13-17(2)14-20(27)5;1-2-4-3;;/h17-22,27-28H,12-16H2,1-11H3,(H3,37,38,39,40,41);3H,2H2,1H3;1H2;/p-1. The SMILES string of the molecule is CCONc1[n-]c(/C(C)=C2\N=C(NC(C)=O)C(OC(=O)C3C(C)CC(C)CC3C)=C2C)c(C)c1OC(=O)C1C(C)CC(C)CC1C.CCOO.O.[Zn]. The molecule has 1 aromatic rings. The van der Waals surface area contributed by atoms with E-state index in [1.54, 1.807) is 6.92 Å². The van der Waals surface area contributed by atoms with E-state index in [9.17, 15) is 14.4 Å². The van der Waals surface area contributed by atoms with Crippen LogP contribution in [0.5, 0.6) is 5.75 Å². The third kappa shape index (κ3) is 11.3. The van der Waals surface area contributed by atoms with Gasteiger partial charge in [-0.25, -0.2) is 9.88 Å². The molecule has 0 bridgehead atoms. The van der Waals surface area contributed by atoms with Crippen LogP contribution < -0.4 is 20.5 Å². The van der Waals surface area contributed by atoms with Crippen LogP contribution in [0.1, 0.15) is 113 Å². The number of nitrogens with zero attached hydrogens (tertiary/aromatic N) is 2. The van der Waals surface area contributed by atoms with E-state index in [4.69, 9.17) is 29.5 Å². The number of carbonyl (C=O) groups excluding carboxylic acids is 3. The van der Waals surface area contributed by atoms with E-state index in [2.05, 4.69) is 57.2 Å². The molecular formula is C38H61N4O9Zn-. The van der Waals surface area contributed by atoms with Crippen LogP contribution in [0.25, 0.3) is 5.57 Å². The van der Waals surface area contributed by atoms with Crippen molar-refractivity contribution < 1.29 is 63.8 Å². The van der Waals surface area contributed by atoms with Gasteiger partial charge in [0.25, 0.3) is 0 Å². The van der Waals surface area contributed by atoms with E-state index in [0.29, 0.717) is 64.7 Å². The second-order valence-electron chi connectivity index (χ2n) is 14.7. The molecule has 2 aliphatic carbocycles. The predicted molar refractivity (Wildman–Crippen MR) is 196 cm³/mol. The average Bonchev–Trinajstić information content (AvgIpc) is 3.49. The van der Waals surface area contributed by atoms with Gasteiger partial charge < -0.3 is 35.6 Å². The monoisotopic (exact) mass is 781 g/mol. The number of carbonyl (C=O) groups is 3. The second-order valence-corrected chi connectivity index (χ2v) is 14.7. The second kappa shape index (κ2) is 21.1. The van der Waals surface area contributed by atoms with Crippen LogP contribution in [-0.4, -0.2) is 47.6 Å². The van der Waals surface area contributed by atoms with Gasteiger partial charge in [0.2, 0.25) is 5.91 Å². The number of hydrogen-bond donors (Lipinski definition) is 3. The number of rotatable bonds is 9. The number of hydrogen-bond acceptors (Lipinski definition) is 10. The van der Waals surface area contributed by atoms with E-state index in [-0.39, 0.29) is 89.9 Å². The first-order valence-corrected chi connectivity index (χ1v) is 18.1. The minimum Gasteiger partial charge on any atom is -0.431 e. The Hall–Kier alpha value is -2.90.